The lowest BCUT2D eigenvalue weighted by Crippen LogP contribution is -2.11. The van der Waals surface area contributed by atoms with E-state index in [9.17, 15) is 4.79 Å². The van der Waals surface area contributed by atoms with E-state index in [0.717, 1.165) is 18.4 Å². The summed E-state index contributed by atoms with van der Waals surface area (Å²) in [6, 6.07) is 0. The van der Waals surface area contributed by atoms with E-state index in [0.29, 0.717) is 10.4 Å². The Hall–Kier alpha value is -0.240. The Morgan fingerprint density at radius 1 is 1.21 bits per heavy atom. The van der Waals surface area contributed by atoms with E-state index in [1.165, 1.54) is 38.5 Å². The molecular weight excluding hydrogens is 192 g/mol. The smallest absolute Gasteiger partial charge is 0.215 e. The quantitative estimate of drug-likeness (QED) is 0.691. The molecule has 14 heavy (non-hydrogen) atoms. The van der Waals surface area contributed by atoms with E-state index in [1.807, 2.05) is 0 Å². The largest absolute Gasteiger partial charge is 0.282 e. The molecule has 1 nitrogen and oxygen atoms in total. The Labute approximate surface area is 90.3 Å². The minimum Gasteiger partial charge on any atom is -0.282 e. The van der Waals surface area contributed by atoms with Gasteiger partial charge < -0.3 is 0 Å². The third-order valence-corrected chi connectivity index (χ3v) is 4.41. The minimum absolute atomic E-state index is 0.370. The molecule has 0 heterocycles. The summed E-state index contributed by atoms with van der Waals surface area (Å²) in [5, 5.41) is 0.993. The number of carbonyl (C=O) groups excluding carboxylic acids is 1. The average molecular weight is 210 g/mol. The van der Waals surface area contributed by atoms with Gasteiger partial charge in [0.05, 0.1) is 0 Å². The summed E-state index contributed by atoms with van der Waals surface area (Å²) < 4.78 is 0. The molecule has 0 N–H and O–H groups in total. The predicted octanol–water partition coefficient (Wildman–Crippen LogP) is 3.69. The van der Waals surface area contributed by atoms with E-state index in [1.54, 1.807) is 11.8 Å². The highest BCUT2D eigenvalue weighted by Crippen LogP contribution is 2.32. The summed E-state index contributed by atoms with van der Waals surface area (Å²) in [5.41, 5.74) is 1.10. The first kappa shape index (κ1) is 10.3. The molecule has 0 aromatic heterocycles. The molecule has 0 saturated heterocycles. The topological polar surface area (TPSA) is 17.1 Å². The van der Waals surface area contributed by atoms with Crippen molar-refractivity contribution in [3.8, 4) is 0 Å². The maximum Gasteiger partial charge on any atom is 0.215 e. The van der Waals surface area contributed by atoms with Gasteiger partial charge in [0.1, 0.15) is 0 Å². The van der Waals surface area contributed by atoms with Gasteiger partial charge in [-0.2, -0.15) is 0 Å². The van der Waals surface area contributed by atoms with Crippen LogP contribution < -0.4 is 0 Å². The molecule has 2 rings (SSSR count). The fourth-order valence-electron chi connectivity index (χ4n) is 2.27. The highest BCUT2D eigenvalue weighted by molar-refractivity contribution is 8.14. The van der Waals surface area contributed by atoms with Crippen LogP contribution in [0.1, 0.15) is 51.4 Å². The van der Waals surface area contributed by atoms with Crippen molar-refractivity contribution in [2.45, 2.75) is 56.6 Å². The first-order valence-corrected chi connectivity index (χ1v) is 6.64. The second kappa shape index (κ2) is 5.01. The van der Waals surface area contributed by atoms with Gasteiger partial charge in [-0.05, 0) is 32.1 Å². The van der Waals surface area contributed by atoms with Crippen LogP contribution in [0.4, 0.5) is 0 Å². The van der Waals surface area contributed by atoms with E-state index in [-0.39, 0.29) is 0 Å². The van der Waals surface area contributed by atoms with Crippen LogP contribution in [-0.2, 0) is 4.79 Å². The number of hydrogen-bond acceptors (Lipinski definition) is 2. The van der Waals surface area contributed by atoms with Crippen molar-refractivity contribution in [2.24, 2.45) is 0 Å². The Morgan fingerprint density at radius 3 is 2.64 bits per heavy atom. The summed E-state index contributed by atoms with van der Waals surface area (Å²) in [4.78, 5) is 11.8. The van der Waals surface area contributed by atoms with Crippen LogP contribution in [0.2, 0.25) is 0 Å². The second-order valence-corrected chi connectivity index (χ2v) is 5.56. The zero-order valence-corrected chi connectivity index (χ0v) is 9.44. The Bertz CT molecular complexity index is 239. The van der Waals surface area contributed by atoms with Gasteiger partial charge in [-0.15, -0.1) is 0 Å². The van der Waals surface area contributed by atoms with Gasteiger partial charge in [0.2, 0.25) is 5.12 Å². The van der Waals surface area contributed by atoms with Crippen molar-refractivity contribution in [3.05, 3.63) is 11.6 Å². The van der Waals surface area contributed by atoms with E-state index in [2.05, 4.69) is 6.08 Å². The highest BCUT2D eigenvalue weighted by atomic mass is 32.2. The summed E-state index contributed by atoms with van der Waals surface area (Å²) in [6.45, 7) is 0. The van der Waals surface area contributed by atoms with Gasteiger partial charge in [-0.3, -0.25) is 4.79 Å². The lowest BCUT2D eigenvalue weighted by molar-refractivity contribution is -0.108. The molecule has 0 atom stereocenters. The zero-order chi connectivity index (χ0) is 9.80. The number of rotatable bonds is 2. The molecule has 0 aliphatic heterocycles. The van der Waals surface area contributed by atoms with Crippen molar-refractivity contribution in [1.82, 2.24) is 0 Å². The van der Waals surface area contributed by atoms with Crippen LogP contribution in [0.3, 0.4) is 0 Å². The molecule has 0 unspecified atom stereocenters. The fourth-order valence-corrected chi connectivity index (χ4v) is 3.47. The van der Waals surface area contributed by atoms with Crippen molar-refractivity contribution in [3.63, 3.8) is 0 Å². The summed E-state index contributed by atoms with van der Waals surface area (Å²) in [6.07, 6.45) is 12.0. The third kappa shape index (κ3) is 2.63. The van der Waals surface area contributed by atoms with Crippen LogP contribution in [-0.4, -0.2) is 10.4 Å². The van der Waals surface area contributed by atoms with Crippen LogP contribution >= 0.6 is 11.8 Å². The Balaban J connectivity index is 1.81. The minimum atomic E-state index is 0.370. The molecule has 0 bridgehead atoms. The first-order chi connectivity index (χ1) is 6.86. The highest BCUT2D eigenvalue weighted by Gasteiger charge is 2.20. The average Bonchev–Trinajstić information content (AvgIpc) is 2.72. The number of allylic oxidation sites excluding steroid dienone is 1. The van der Waals surface area contributed by atoms with Crippen LogP contribution in [0.15, 0.2) is 11.6 Å². The van der Waals surface area contributed by atoms with Gasteiger partial charge in [-0.25, -0.2) is 0 Å². The monoisotopic (exact) mass is 210 g/mol. The van der Waals surface area contributed by atoms with Crippen molar-refractivity contribution < 1.29 is 4.79 Å². The van der Waals surface area contributed by atoms with Gasteiger partial charge in [-0.1, -0.05) is 37.1 Å². The van der Waals surface area contributed by atoms with E-state index < -0.39 is 0 Å². The van der Waals surface area contributed by atoms with Gasteiger partial charge in [0.25, 0.3) is 0 Å². The molecular formula is C12H18OS. The fraction of sp³-hybridized carbons (Fsp3) is 0.750. The van der Waals surface area contributed by atoms with Gasteiger partial charge >= 0.3 is 0 Å². The molecule has 1 saturated carbocycles. The zero-order valence-electron chi connectivity index (χ0n) is 8.63. The molecule has 0 aromatic carbocycles. The number of carbonyl (C=O) groups is 1. The standard InChI is InChI=1S/C12H18OS/c13-12(10-6-4-5-7-10)14-11-8-2-1-3-9-11/h6,11H,1-5,7-9H2. The van der Waals surface area contributed by atoms with Crippen LogP contribution in [0.5, 0.6) is 0 Å². The molecule has 0 amide bonds. The Kier molecular flexibility index (Phi) is 3.68. The van der Waals surface area contributed by atoms with E-state index >= 15 is 0 Å². The second-order valence-electron chi connectivity index (χ2n) is 4.29. The Morgan fingerprint density at radius 2 is 2.00 bits per heavy atom. The number of hydrogen-bond donors (Lipinski definition) is 0. The van der Waals surface area contributed by atoms with E-state index in [4.69, 9.17) is 0 Å². The molecule has 2 heteroatoms. The molecule has 78 valence electrons. The molecule has 0 radical (unpaired) electrons. The van der Waals surface area contributed by atoms with Crippen LogP contribution in [0, 0.1) is 0 Å². The lowest BCUT2D eigenvalue weighted by Gasteiger charge is -2.20. The maximum atomic E-state index is 11.8. The third-order valence-electron chi connectivity index (χ3n) is 3.13. The van der Waals surface area contributed by atoms with Gasteiger partial charge in [0.15, 0.2) is 0 Å². The van der Waals surface area contributed by atoms with Crippen LogP contribution in [0.25, 0.3) is 0 Å². The normalized spacial score (nSPS) is 23.6. The molecule has 0 spiro atoms. The van der Waals surface area contributed by atoms with Crippen molar-refractivity contribution in [1.29, 1.82) is 0 Å². The SMILES string of the molecule is O=C(SC1CCCCC1)C1=CCCC1. The summed E-state index contributed by atoms with van der Waals surface area (Å²) in [7, 11) is 0. The molecule has 0 aromatic rings. The summed E-state index contributed by atoms with van der Waals surface area (Å²) in [5.74, 6) is 0. The predicted molar refractivity (Wildman–Crippen MR) is 61.4 cm³/mol. The van der Waals surface area contributed by atoms with Crippen molar-refractivity contribution in [2.75, 3.05) is 0 Å². The van der Waals surface area contributed by atoms with Crippen molar-refractivity contribution >= 4 is 16.9 Å². The van der Waals surface area contributed by atoms with Gasteiger partial charge in [0, 0.05) is 10.8 Å². The molecule has 2 aliphatic rings. The maximum absolute atomic E-state index is 11.8. The lowest BCUT2D eigenvalue weighted by atomic mass is 10.0. The molecule has 1 fully saturated rings. The first-order valence-electron chi connectivity index (χ1n) is 5.76. The molecule has 2 aliphatic carbocycles. The summed E-state index contributed by atoms with van der Waals surface area (Å²) >= 11 is 1.61. The number of thioether (sulfide) groups is 1.